The van der Waals surface area contributed by atoms with Crippen LogP contribution >= 0.6 is 11.6 Å². The van der Waals surface area contributed by atoms with Crippen molar-refractivity contribution in [1.82, 2.24) is 15.0 Å². The highest BCUT2D eigenvalue weighted by Crippen LogP contribution is 2.32. The van der Waals surface area contributed by atoms with Crippen LogP contribution in [0, 0.1) is 5.92 Å². The first-order valence-electron chi connectivity index (χ1n) is 10.7. The molecule has 5 rings (SSSR count). The predicted molar refractivity (Wildman–Crippen MR) is 124 cm³/mol. The third kappa shape index (κ3) is 4.18. The molecule has 1 aliphatic carbocycles. The quantitative estimate of drug-likeness (QED) is 0.393. The summed E-state index contributed by atoms with van der Waals surface area (Å²) in [4.78, 5) is 23.5. The van der Waals surface area contributed by atoms with Crippen LogP contribution in [0.3, 0.4) is 0 Å². The van der Waals surface area contributed by atoms with E-state index in [1.807, 2.05) is 42.5 Å². The molecule has 1 unspecified atom stereocenters. The number of fused-ring (bicyclic) bond motifs is 1. The van der Waals surface area contributed by atoms with Gasteiger partial charge in [0.05, 0.1) is 22.2 Å². The topological polar surface area (TPSA) is 88.1 Å². The molecule has 7 heteroatoms. The number of nitrogens with one attached hydrogen (secondary N) is 1. The Labute approximate surface area is 190 Å². The van der Waals surface area contributed by atoms with Gasteiger partial charge in [-0.1, -0.05) is 66.2 Å². The average Bonchev–Trinajstić information content (AvgIpc) is 3.20. The van der Waals surface area contributed by atoms with Crippen LogP contribution in [0.15, 0.2) is 60.7 Å². The van der Waals surface area contributed by atoms with E-state index in [0.717, 1.165) is 29.5 Å². The van der Waals surface area contributed by atoms with Crippen molar-refractivity contribution in [3.8, 4) is 28.4 Å². The van der Waals surface area contributed by atoms with Crippen molar-refractivity contribution in [2.45, 2.75) is 31.8 Å². The minimum atomic E-state index is -0.765. The number of hydrogen-bond donors (Lipinski definition) is 2. The SMILES string of the molecule is O=C(O)C1CCC[C@@H](Oc2nc3nc(-c4ccc(-c5ccccc5)cc4)c(Cl)cc3[nH]2)C1. The normalized spacial score (nSPS) is 18.5. The van der Waals surface area contributed by atoms with Crippen molar-refractivity contribution in [1.29, 1.82) is 0 Å². The van der Waals surface area contributed by atoms with Crippen molar-refractivity contribution in [3.63, 3.8) is 0 Å². The summed E-state index contributed by atoms with van der Waals surface area (Å²) in [5.74, 6) is -1.13. The van der Waals surface area contributed by atoms with E-state index in [2.05, 4.69) is 27.1 Å². The van der Waals surface area contributed by atoms with E-state index in [0.29, 0.717) is 40.7 Å². The fourth-order valence-corrected chi connectivity index (χ4v) is 4.50. The smallest absolute Gasteiger partial charge is 0.306 e. The summed E-state index contributed by atoms with van der Waals surface area (Å²) in [5.41, 5.74) is 5.01. The molecule has 0 radical (unpaired) electrons. The first kappa shape index (κ1) is 20.5. The van der Waals surface area contributed by atoms with Crippen molar-refractivity contribution in [2.24, 2.45) is 5.92 Å². The van der Waals surface area contributed by atoms with Gasteiger partial charge in [0.25, 0.3) is 6.01 Å². The lowest BCUT2D eigenvalue weighted by atomic mass is 9.87. The number of benzene rings is 2. The van der Waals surface area contributed by atoms with Gasteiger partial charge in [0.1, 0.15) is 6.10 Å². The number of rotatable bonds is 5. The average molecular weight is 448 g/mol. The third-order valence-electron chi connectivity index (χ3n) is 5.92. The van der Waals surface area contributed by atoms with Gasteiger partial charge in [-0.25, -0.2) is 4.98 Å². The first-order chi connectivity index (χ1) is 15.6. The third-order valence-corrected chi connectivity index (χ3v) is 6.21. The molecule has 2 aromatic carbocycles. The molecule has 2 N–H and O–H groups in total. The summed E-state index contributed by atoms with van der Waals surface area (Å²) >= 11 is 6.53. The number of H-pyrrole nitrogens is 1. The largest absolute Gasteiger partial charge is 0.481 e. The molecule has 4 aromatic rings. The molecule has 0 aliphatic heterocycles. The monoisotopic (exact) mass is 447 g/mol. The van der Waals surface area contributed by atoms with Crippen LogP contribution < -0.4 is 4.74 Å². The molecule has 0 spiro atoms. The Morgan fingerprint density at radius 3 is 2.47 bits per heavy atom. The van der Waals surface area contributed by atoms with Crippen LogP contribution in [0.1, 0.15) is 25.7 Å². The van der Waals surface area contributed by atoms with Crippen LogP contribution in [-0.4, -0.2) is 32.1 Å². The Morgan fingerprint density at radius 1 is 1.00 bits per heavy atom. The van der Waals surface area contributed by atoms with Crippen LogP contribution in [0.25, 0.3) is 33.5 Å². The Morgan fingerprint density at radius 2 is 1.72 bits per heavy atom. The maximum absolute atomic E-state index is 11.3. The minimum absolute atomic E-state index is 0.175. The predicted octanol–water partition coefficient (Wildman–Crippen LogP) is 5.97. The number of carboxylic acid groups (broad SMARTS) is 1. The van der Waals surface area contributed by atoms with Gasteiger partial charge >= 0.3 is 5.97 Å². The Bertz CT molecular complexity index is 1250. The molecule has 0 saturated heterocycles. The van der Waals surface area contributed by atoms with E-state index in [1.54, 1.807) is 6.07 Å². The minimum Gasteiger partial charge on any atom is -0.481 e. The number of carboxylic acids is 1. The van der Waals surface area contributed by atoms with Gasteiger partial charge in [-0.2, -0.15) is 4.98 Å². The molecule has 2 heterocycles. The fourth-order valence-electron chi connectivity index (χ4n) is 4.24. The number of halogens is 1. The van der Waals surface area contributed by atoms with Crippen molar-refractivity contribution < 1.29 is 14.6 Å². The number of aromatic amines is 1. The number of imidazole rings is 1. The molecule has 2 aromatic heterocycles. The summed E-state index contributed by atoms with van der Waals surface area (Å²) in [6, 6.07) is 20.4. The summed E-state index contributed by atoms with van der Waals surface area (Å²) in [6.45, 7) is 0. The molecule has 6 nitrogen and oxygen atoms in total. The highest BCUT2D eigenvalue weighted by molar-refractivity contribution is 6.33. The Hall–Kier alpha value is -3.38. The van der Waals surface area contributed by atoms with Gasteiger partial charge in [-0.05, 0) is 42.9 Å². The van der Waals surface area contributed by atoms with Gasteiger partial charge in [-0.3, -0.25) is 4.79 Å². The summed E-state index contributed by atoms with van der Waals surface area (Å²) in [5, 5.41) is 9.80. The molecule has 2 atom stereocenters. The maximum atomic E-state index is 11.3. The molecule has 0 amide bonds. The molecular weight excluding hydrogens is 426 g/mol. The molecular formula is C25H22ClN3O3. The lowest BCUT2D eigenvalue weighted by Gasteiger charge is -2.26. The molecule has 0 bridgehead atoms. The summed E-state index contributed by atoms with van der Waals surface area (Å²) < 4.78 is 5.96. The van der Waals surface area contributed by atoms with Crippen molar-refractivity contribution in [3.05, 3.63) is 65.7 Å². The molecule has 162 valence electrons. The number of ether oxygens (including phenoxy) is 1. The lowest BCUT2D eigenvalue weighted by Crippen LogP contribution is -2.29. The standard InChI is InChI=1S/C25H22ClN3O3/c26-20-14-21-23(29-25(27-21)32-19-8-4-7-18(13-19)24(30)31)28-22(20)17-11-9-16(10-12-17)15-5-2-1-3-6-15/h1-3,5-6,9-12,14,18-19H,4,7-8,13H2,(H,30,31)(H,27,28,29)/t18?,19-/m1/s1. The van der Waals surface area contributed by atoms with E-state index < -0.39 is 5.97 Å². The Kier molecular flexibility index (Phi) is 5.53. The number of pyridine rings is 1. The van der Waals surface area contributed by atoms with Gasteiger partial charge in [0, 0.05) is 5.56 Å². The second-order valence-electron chi connectivity index (χ2n) is 8.12. The van der Waals surface area contributed by atoms with E-state index in [4.69, 9.17) is 16.3 Å². The van der Waals surface area contributed by atoms with Crippen molar-refractivity contribution in [2.75, 3.05) is 0 Å². The Balaban J connectivity index is 1.38. The highest BCUT2D eigenvalue weighted by atomic mass is 35.5. The van der Waals surface area contributed by atoms with Gasteiger partial charge in [0.2, 0.25) is 0 Å². The van der Waals surface area contributed by atoms with Gasteiger partial charge in [0.15, 0.2) is 5.65 Å². The fraction of sp³-hybridized carbons (Fsp3) is 0.240. The zero-order valence-electron chi connectivity index (χ0n) is 17.3. The van der Waals surface area contributed by atoms with Crippen LogP contribution in [0.2, 0.25) is 5.02 Å². The maximum Gasteiger partial charge on any atom is 0.306 e. The number of hydrogen-bond acceptors (Lipinski definition) is 4. The molecule has 32 heavy (non-hydrogen) atoms. The van der Waals surface area contributed by atoms with Gasteiger partial charge < -0.3 is 14.8 Å². The van der Waals surface area contributed by atoms with E-state index in [-0.39, 0.29) is 12.0 Å². The second-order valence-corrected chi connectivity index (χ2v) is 8.52. The molecule has 1 aliphatic rings. The molecule has 1 saturated carbocycles. The highest BCUT2D eigenvalue weighted by Gasteiger charge is 2.28. The van der Waals surface area contributed by atoms with E-state index >= 15 is 0 Å². The summed E-state index contributed by atoms with van der Waals surface area (Å²) in [7, 11) is 0. The number of carbonyl (C=O) groups is 1. The zero-order valence-corrected chi connectivity index (χ0v) is 18.0. The van der Waals surface area contributed by atoms with E-state index in [9.17, 15) is 9.90 Å². The number of aromatic nitrogens is 3. The van der Waals surface area contributed by atoms with Crippen LogP contribution in [0.4, 0.5) is 0 Å². The number of nitrogens with zero attached hydrogens (tertiary/aromatic N) is 2. The van der Waals surface area contributed by atoms with Crippen molar-refractivity contribution >= 4 is 28.7 Å². The number of aliphatic carboxylic acids is 1. The summed E-state index contributed by atoms with van der Waals surface area (Å²) in [6.07, 6.45) is 2.65. The van der Waals surface area contributed by atoms with E-state index in [1.165, 1.54) is 0 Å². The second kappa shape index (κ2) is 8.63. The first-order valence-corrected chi connectivity index (χ1v) is 11.1. The molecule has 1 fully saturated rings. The van der Waals surface area contributed by atoms with Crippen LogP contribution in [0.5, 0.6) is 6.01 Å². The van der Waals surface area contributed by atoms with Gasteiger partial charge in [-0.15, -0.1) is 0 Å². The van der Waals surface area contributed by atoms with Crippen LogP contribution in [-0.2, 0) is 4.79 Å². The zero-order chi connectivity index (χ0) is 22.1. The lowest BCUT2D eigenvalue weighted by molar-refractivity contribution is -0.143.